The number of nitrogens with one attached hydrogen (secondary N) is 1. The van der Waals surface area contributed by atoms with E-state index < -0.39 is 0 Å². The Hall–Kier alpha value is -3.74. The van der Waals surface area contributed by atoms with Gasteiger partial charge in [-0.15, -0.1) is 0 Å². The van der Waals surface area contributed by atoms with Gasteiger partial charge in [-0.25, -0.2) is 4.98 Å². The van der Waals surface area contributed by atoms with Crippen molar-refractivity contribution in [2.45, 2.75) is 0 Å². The lowest BCUT2D eigenvalue weighted by Gasteiger charge is -2.14. The van der Waals surface area contributed by atoms with Crippen molar-refractivity contribution in [3.63, 3.8) is 0 Å². The fraction of sp³-hybridized carbons (Fsp3) is 0.100. The molecule has 136 valence electrons. The van der Waals surface area contributed by atoms with Crippen LogP contribution in [0.25, 0.3) is 5.70 Å². The number of para-hydroxylation sites is 1. The van der Waals surface area contributed by atoms with Gasteiger partial charge in [0.15, 0.2) is 18.1 Å². The van der Waals surface area contributed by atoms with Crippen LogP contribution in [0.1, 0.15) is 5.56 Å². The van der Waals surface area contributed by atoms with Gasteiger partial charge < -0.3 is 24.1 Å². The van der Waals surface area contributed by atoms with Gasteiger partial charge in [-0.3, -0.25) is 4.79 Å². The summed E-state index contributed by atoms with van der Waals surface area (Å²) in [5.74, 6) is 1.56. The first-order valence-electron chi connectivity index (χ1n) is 8.29. The van der Waals surface area contributed by atoms with E-state index in [0.717, 1.165) is 5.56 Å². The van der Waals surface area contributed by atoms with Crippen LogP contribution in [0.15, 0.2) is 67.8 Å². The molecule has 2 heterocycles. The van der Waals surface area contributed by atoms with Crippen LogP contribution < -0.4 is 19.5 Å². The van der Waals surface area contributed by atoms with Gasteiger partial charge >= 0.3 is 0 Å². The van der Waals surface area contributed by atoms with Crippen molar-refractivity contribution in [2.75, 3.05) is 18.7 Å². The molecule has 7 nitrogen and oxygen atoms in total. The Morgan fingerprint density at radius 2 is 2.07 bits per heavy atom. The standard InChI is InChI=1S/C20H17N3O4/c1-14(23-9-8-21-12-23)16-4-2-3-5-17(16)25-11-20(24)22-15-6-7-18-19(10-15)27-13-26-18/h2-10,12H,1,11,13H2,(H,22,24). The molecule has 0 fully saturated rings. The number of benzene rings is 2. The van der Waals surface area contributed by atoms with E-state index in [0.29, 0.717) is 28.6 Å². The zero-order valence-corrected chi connectivity index (χ0v) is 14.4. The third kappa shape index (κ3) is 3.62. The number of nitrogens with zero attached hydrogens (tertiary/aromatic N) is 2. The maximum Gasteiger partial charge on any atom is 0.262 e. The zero-order valence-electron chi connectivity index (χ0n) is 14.4. The Morgan fingerprint density at radius 1 is 1.22 bits per heavy atom. The Morgan fingerprint density at radius 3 is 2.93 bits per heavy atom. The number of ether oxygens (including phenoxy) is 3. The Bertz CT molecular complexity index is 983. The second-order valence-electron chi connectivity index (χ2n) is 5.82. The highest BCUT2D eigenvalue weighted by Gasteiger charge is 2.15. The molecule has 0 saturated heterocycles. The smallest absolute Gasteiger partial charge is 0.262 e. The molecule has 0 aliphatic carbocycles. The summed E-state index contributed by atoms with van der Waals surface area (Å²) in [4.78, 5) is 16.3. The number of amides is 1. The highest BCUT2D eigenvalue weighted by atomic mass is 16.7. The normalized spacial score (nSPS) is 11.9. The number of hydrogen-bond donors (Lipinski definition) is 1. The van der Waals surface area contributed by atoms with Gasteiger partial charge in [0.25, 0.3) is 5.91 Å². The van der Waals surface area contributed by atoms with Crippen LogP contribution in [-0.2, 0) is 4.79 Å². The van der Waals surface area contributed by atoms with E-state index in [4.69, 9.17) is 14.2 Å². The van der Waals surface area contributed by atoms with Gasteiger partial charge in [0.1, 0.15) is 5.75 Å². The summed E-state index contributed by atoms with van der Waals surface area (Å²) in [6, 6.07) is 12.6. The molecule has 27 heavy (non-hydrogen) atoms. The molecule has 4 rings (SSSR count). The van der Waals surface area contributed by atoms with Crippen LogP contribution in [0.2, 0.25) is 0 Å². The third-order valence-corrected chi connectivity index (χ3v) is 4.03. The number of aromatic nitrogens is 2. The van der Waals surface area contributed by atoms with Crippen LogP contribution in [0.3, 0.4) is 0 Å². The summed E-state index contributed by atoms with van der Waals surface area (Å²) in [7, 11) is 0. The highest BCUT2D eigenvalue weighted by Crippen LogP contribution is 2.34. The van der Waals surface area contributed by atoms with Gasteiger partial charge in [0.05, 0.1) is 12.0 Å². The van der Waals surface area contributed by atoms with E-state index in [-0.39, 0.29) is 19.3 Å². The highest BCUT2D eigenvalue weighted by molar-refractivity contribution is 5.92. The number of imidazole rings is 1. The SMILES string of the molecule is C=C(c1ccccc1OCC(=O)Nc1ccc2c(c1)OCO2)n1ccnc1. The first-order chi connectivity index (χ1) is 13.2. The van der Waals surface area contributed by atoms with E-state index in [1.54, 1.807) is 47.6 Å². The van der Waals surface area contributed by atoms with Crippen LogP contribution in [0, 0.1) is 0 Å². The number of anilines is 1. The van der Waals surface area contributed by atoms with Crippen LogP contribution in [-0.4, -0.2) is 28.9 Å². The molecule has 1 aliphatic rings. The third-order valence-electron chi connectivity index (χ3n) is 4.03. The number of hydrogen-bond acceptors (Lipinski definition) is 5. The second kappa shape index (κ2) is 7.25. The first kappa shape index (κ1) is 16.7. The van der Waals surface area contributed by atoms with Crippen molar-refractivity contribution in [1.29, 1.82) is 0 Å². The van der Waals surface area contributed by atoms with Gasteiger partial charge in [-0.2, -0.15) is 0 Å². The molecule has 0 atom stereocenters. The van der Waals surface area contributed by atoms with Crippen molar-refractivity contribution in [3.8, 4) is 17.2 Å². The average molecular weight is 363 g/mol. The first-order valence-corrected chi connectivity index (χ1v) is 8.29. The summed E-state index contributed by atoms with van der Waals surface area (Å²) in [5, 5.41) is 2.78. The number of rotatable bonds is 6. The molecule has 1 aliphatic heterocycles. The fourth-order valence-corrected chi connectivity index (χ4v) is 2.70. The summed E-state index contributed by atoms with van der Waals surface area (Å²) in [5.41, 5.74) is 2.11. The van der Waals surface area contributed by atoms with Crippen molar-refractivity contribution < 1.29 is 19.0 Å². The summed E-state index contributed by atoms with van der Waals surface area (Å²) >= 11 is 0. The van der Waals surface area contributed by atoms with Crippen molar-refractivity contribution in [2.24, 2.45) is 0 Å². The molecule has 0 saturated carbocycles. The van der Waals surface area contributed by atoms with Crippen molar-refractivity contribution >= 4 is 17.3 Å². The minimum Gasteiger partial charge on any atom is -0.483 e. The topological polar surface area (TPSA) is 74.6 Å². The summed E-state index contributed by atoms with van der Waals surface area (Å²) in [6.45, 7) is 4.12. The molecular formula is C20H17N3O4. The lowest BCUT2D eigenvalue weighted by atomic mass is 10.1. The maximum absolute atomic E-state index is 12.2. The minimum atomic E-state index is -0.281. The average Bonchev–Trinajstić information content (AvgIpc) is 3.37. The van der Waals surface area contributed by atoms with Crippen LogP contribution >= 0.6 is 0 Å². The monoisotopic (exact) mass is 363 g/mol. The Kier molecular flexibility index (Phi) is 4.49. The second-order valence-corrected chi connectivity index (χ2v) is 5.82. The number of carbonyl (C=O) groups excluding carboxylic acids is 1. The molecule has 0 unspecified atom stereocenters. The molecule has 2 aromatic carbocycles. The van der Waals surface area contributed by atoms with E-state index in [9.17, 15) is 4.79 Å². The molecule has 1 N–H and O–H groups in total. The van der Waals surface area contributed by atoms with Crippen LogP contribution in [0.4, 0.5) is 5.69 Å². The number of carbonyl (C=O) groups is 1. The predicted octanol–water partition coefficient (Wildman–Crippen LogP) is 3.15. The largest absolute Gasteiger partial charge is 0.483 e. The lowest BCUT2D eigenvalue weighted by Crippen LogP contribution is -2.20. The summed E-state index contributed by atoms with van der Waals surface area (Å²) < 4.78 is 18.1. The number of fused-ring (bicyclic) bond motifs is 1. The molecule has 0 spiro atoms. The van der Waals surface area contributed by atoms with E-state index in [1.807, 2.05) is 18.2 Å². The van der Waals surface area contributed by atoms with Crippen molar-refractivity contribution in [1.82, 2.24) is 9.55 Å². The van der Waals surface area contributed by atoms with E-state index in [2.05, 4.69) is 16.9 Å². The zero-order chi connectivity index (χ0) is 18.6. The summed E-state index contributed by atoms with van der Waals surface area (Å²) in [6.07, 6.45) is 5.13. The Labute approximate surface area is 155 Å². The molecule has 1 amide bonds. The van der Waals surface area contributed by atoms with E-state index in [1.165, 1.54) is 0 Å². The molecule has 1 aromatic heterocycles. The quantitative estimate of drug-likeness (QED) is 0.728. The molecule has 3 aromatic rings. The lowest BCUT2D eigenvalue weighted by molar-refractivity contribution is -0.118. The van der Waals surface area contributed by atoms with Gasteiger partial charge in [-0.1, -0.05) is 18.7 Å². The van der Waals surface area contributed by atoms with Crippen molar-refractivity contribution in [3.05, 3.63) is 73.3 Å². The minimum absolute atomic E-state index is 0.136. The molecule has 7 heteroatoms. The van der Waals surface area contributed by atoms with Crippen LogP contribution in [0.5, 0.6) is 17.2 Å². The predicted molar refractivity (Wildman–Crippen MR) is 99.8 cm³/mol. The van der Waals surface area contributed by atoms with Gasteiger partial charge in [0.2, 0.25) is 6.79 Å². The maximum atomic E-state index is 12.2. The van der Waals surface area contributed by atoms with Gasteiger partial charge in [-0.05, 0) is 24.3 Å². The molecule has 0 bridgehead atoms. The molecule has 0 radical (unpaired) electrons. The molecular weight excluding hydrogens is 346 g/mol. The van der Waals surface area contributed by atoms with E-state index >= 15 is 0 Å². The Balaban J connectivity index is 1.41. The fourth-order valence-electron chi connectivity index (χ4n) is 2.70. The van der Waals surface area contributed by atoms with Gasteiger partial charge in [0, 0.05) is 29.7 Å².